The van der Waals surface area contributed by atoms with Gasteiger partial charge in [0.05, 0.1) is 13.7 Å². The number of primary amides is 1. The lowest BCUT2D eigenvalue weighted by Crippen LogP contribution is -2.33. The summed E-state index contributed by atoms with van der Waals surface area (Å²) in [6, 6.07) is 15.5. The first kappa shape index (κ1) is 19.9. The van der Waals surface area contributed by atoms with Crippen LogP contribution in [0.25, 0.3) is 0 Å². The number of ketones is 1. The molecular weight excluding hydrogens is 356 g/mol. The fourth-order valence-corrected chi connectivity index (χ4v) is 3.27. The largest absolute Gasteiger partial charge is 0.497 e. The number of nitrogens with zero attached hydrogens (tertiary/aromatic N) is 1. The minimum absolute atomic E-state index is 0.0788. The maximum atomic E-state index is 13.0. The van der Waals surface area contributed by atoms with Crippen molar-refractivity contribution in [2.45, 2.75) is 25.3 Å². The molecule has 0 spiro atoms. The average Bonchev–Trinajstić information content (AvgIpc) is 3.53. The molecule has 2 aromatic rings. The predicted octanol–water partition coefficient (Wildman–Crippen LogP) is 3.35. The Morgan fingerprint density at radius 2 is 1.82 bits per heavy atom. The Kier molecular flexibility index (Phi) is 6.66. The average molecular weight is 382 g/mol. The normalized spacial score (nSPS) is 13.4. The van der Waals surface area contributed by atoms with Gasteiger partial charge in [-0.05, 0) is 42.0 Å². The zero-order valence-electron chi connectivity index (χ0n) is 16.1. The van der Waals surface area contributed by atoms with Crippen molar-refractivity contribution >= 4 is 11.9 Å². The van der Waals surface area contributed by atoms with Crippen LogP contribution in [0.4, 0.5) is 4.79 Å². The van der Waals surface area contributed by atoms with Crippen LogP contribution in [0.1, 0.15) is 40.2 Å². The lowest BCUT2D eigenvalue weighted by Gasteiger charge is -2.22. The third-order valence-electron chi connectivity index (χ3n) is 4.86. The Morgan fingerprint density at radius 3 is 2.46 bits per heavy atom. The van der Waals surface area contributed by atoms with Gasteiger partial charge in [-0.15, -0.1) is 0 Å². The molecule has 0 atom stereocenters. The third kappa shape index (κ3) is 5.57. The summed E-state index contributed by atoms with van der Waals surface area (Å²) in [7, 11) is 1.62. The highest BCUT2D eigenvalue weighted by molar-refractivity contribution is 5.99. The molecule has 1 aliphatic carbocycles. The molecule has 0 radical (unpaired) electrons. The summed E-state index contributed by atoms with van der Waals surface area (Å²) < 4.78 is 10.1. The summed E-state index contributed by atoms with van der Waals surface area (Å²) in [5.41, 5.74) is 8.04. The van der Waals surface area contributed by atoms with Crippen LogP contribution in [0.5, 0.6) is 5.75 Å². The molecule has 1 fully saturated rings. The highest BCUT2D eigenvalue weighted by atomic mass is 16.5. The second-order valence-electron chi connectivity index (χ2n) is 7.01. The number of carbonyl (C=O) groups excluding carboxylic acids is 2. The lowest BCUT2D eigenvalue weighted by molar-refractivity contribution is 0.0894. The number of methoxy groups -OCH3 is 1. The molecule has 1 amide bonds. The summed E-state index contributed by atoms with van der Waals surface area (Å²) in [5, 5.41) is 0. The van der Waals surface area contributed by atoms with Gasteiger partial charge in [0.25, 0.3) is 0 Å². The molecular formula is C22H26N2O4. The Morgan fingerprint density at radius 1 is 1.11 bits per heavy atom. The van der Waals surface area contributed by atoms with Gasteiger partial charge < -0.3 is 15.2 Å². The molecule has 6 heteroatoms. The Labute approximate surface area is 165 Å². The Hall–Kier alpha value is -2.86. The van der Waals surface area contributed by atoms with Crippen molar-refractivity contribution in [3.05, 3.63) is 65.2 Å². The first-order valence-corrected chi connectivity index (χ1v) is 9.46. The second kappa shape index (κ2) is 9.37. The van der Waals surface area contributed by atoms with E-state index in [-0.39, 0.29) is 18.9 Å². The van der Waals surface area contributed by atoms with Gasteiger partial charge in [-0.2, -0.15) is 0 Å². The molecule has 1 saturated carbocycles. The molecule has 0 saturated heterocycles. The third-order valence-corrected chi connectivity index (χ3v) is 4.86. The van der Waals surface area contributed by atoms with Crippen LogP contribution in [0.3, 0.4) is 0 Å². The number of ether oxygens (including phenoxy) is 2. The molecule has 0 heterocycles. The van der Waals surface area contributed by atoms with Gasteiger partial charge in [0.15, 0.2) is 5.78 Å². The number of benzene rings is 2. The summed E-state index contributed by atoms with van der Waals surface area (Å²) in [6.07, 6.45) is 1.48. The van der Waals surface area contributed by atoms with E-state index in [1.165, 1.54) is 0 Å². The number of Topliss-reactive ketones (excluding diaryl/α,β-unsaturated/α-hetero) is 1. The van der Waals surface area contributed by atoms with Crippen molar-refractivity contribution in [2.24, 2.45) is 5.73 Å². The molecule has 3 rings (SSSR count). The SMILES string of the molecule is COc1ccc(CN(CCOC(N)=O)CC(=O)c2ccccc2C2CC2)cc1. The van der Waals surface area contributed by atoms with E-state index >= 15 is 0 Å². The van der Waals surface area contributed by atoms with Gasteiger partial charge >= 0.3 is 6.09 Å². The molecule has 1 aliphatic rings. The van der Waals surface area contributed by atoms with Crippen LogP contribution in [0.15, 0.2) is 48.5 Å². The molecule has 0 aliphatic heterocycles. The van der Waals surface area contributed by atoms with Crippen molar-refractivity contribution in [1.82, 2.24) is 4.90 Å². The van der Waals surface area contributed by atoms with E-state index in [9.17, 15) is 9.59 Å². The second-order valence-corrected chi connectivity index (χ2v) is 7.01. The van der Waals surface area contributed by atoms with Gasteiger partial charge in [0.1, 0.15) is 12.4 Å². The summed E-state index contributed by atoms with van der Waals surface area (Å²) in [6.45, 7) is 1.37. The maximum Gasteiger partial charge on any atom is 0.404 e. The number of amides is 1. The molecule has 28 heavy (non-hydrogen) atoms. The summed E-state index contributed by atoms with van der Waals surface area (Å²) >= 11 is 0. The molecule has 0 unspecified atom stereocenters. The number of rotatable bonds is 10. The minimum Gasteiger partial charge on any atom is -0.497 e. The van der Waals surface area contributed by atoms with E-state index in [4.69, 9.17) is 15.2 Å². The van der Waals surface area contributed by atoms with E-state index in [1.54, 1.807) is 7.11 Å². The number of carbonyl (C=O) groups is 2. The van der Waals surface area contributed by atoms with E-state index in [0.717, 1.165) is 35.3 Å². The van der Waals surface area contributed by atoms with Crippen LogP contribution in [-0.2, 0) is 11.3 Å². The minimum atomic E-state index is -0.810. The monoisotopic (exact) mass is 382 g/mol. The standard InChI is InChI=1S/C22H26N2O4/c1-27-18-10-6-16(7-11-18)14-24(12-13-28-22(23)26)15-21(25)20-5-3-2-4-19(20)17-8-9-17/h2-7,10-11,17H,8-9,12-15H2,1H3,(H2,23,26). The fraction of sp³-hybridized carbons (Fsp3) is 0.364. The predicted molar refractivity (Wildman–Crippen MR) is 107 cm³/mol. The van der Waals surface area contributed by atoms with Gasteiger partial charge in [-0.1, -0.05) is 36.4 Å². The Balaban J connectivity index is 1.70. The smallest absolute Gasteiger partial charge is 0.404 e. The van der Waals surface area contributed by atoms with Gasteiger partial charge in [-0.25, -0.2) is 4.79 Å². The molecule has 148 valence electrons. The van der Waals surface area contributed by atoms with Gasteiger partial charge in [0, 0.05) is 18.7 Å². The topological polar surface area (TPSA) is 81.9 Å². The van der Waals surface area contributed by atoms with E-state index in [1.807, 2.05) is 47.4 Å². The molecule has 2 aromatic carbocycles. The van der Waals surface area contributed by atoms with Crippen molar-refractivity contribution in [3.63, 3.8) is 0 Å². The van der Waals surface area contributed by atoms with Crippen LogP contribution >= 0.6 is 0 Å². The first-order valence-electron chi connectivity index (χ1n) is 9.46. The highest BCUT2D eigenvalue weighted by Gasteiger charge is 2.28. The van der Waals surface area contributed by atoms with Crippen LogP contribution < -0.4 is 10.5 Å². The summed E-state index contributed by atoms with van der Waals surface area (Å²) in [4.78, 5) is 25.9. The van der Waals surface area contributed by atoms with E-state index in [0.29, 0.717) is 19.0 Å². The first-order chi connectivity index (χ1) is 13.6. The molecule has 2 N–H and O–H groups in total. The Bertz CT molecular complexity index is 816. The lowest BCUT2D eigenvalue weighted by atomic mass is 9.99. The van der Waals surface area contributed by atoms with Crippen molar-refractivity contribution in [1.29, 1.82) is 0 Å². The quantitative estimate of drug-likeness (QED) is 0.637. The van der Waals surface area contributed by atoms with Crippen molar-refractivity contribution in [2.75, 3.05) is 26.8 Å². The number of hydrogen-bond acceptors (Lipinski definition) is 5. The van der Waals surface area contributed by atoms with Crippen LogP contribution in [0.2, 0.25) is 0 Å². The maximum absolute atomic E-state index is 13.0. The number of hydrogen-bond donors (Lipinski definition) is 1. The molecule has 6 nitrogen and oxygen atoms in total. The highest BCUT2D eigenvalue weighted by Crippen LogP contribution is 2.41. The van der Waals surface area contributed by atoms with Gasteiger partial charge in [0.2, 0.25) is 0 Å². The van der Waals surface area contributed by atoms with Gasteiger partial charge in [-0.3, -0.25) is 9.69 Å². The van der Waals surface area contributed by atoms with Crippen molar-refractivity contribution < 1.29 is 19.1 Å². The van der Waals surface area contributed by atoms with E-state index in [2.05, 4.69) is 6.07 Å². The fourth-order valence-electron chi connectivity index (χ4n) is 3.27. The zero-order valence-corrected chi connectivity index (χ0v) is 16.1. The molecule has 0 aromatic heterocycles. The summed E-state index contributed by atoms with van der Waals surface area (Å²) in [5.74, 6) is 1.37. The van der Waals surface area contributed by atoms with Crippen LogP contribution in [0, 0.1) is 0 Å². The van der Waals surface area contributed by atoms with E-state index < -0.39 is 6.09 Å². The zero-order chi connectivity index (χ0) is 19.9. The van der Waals surface area contributed by atoms with Crippen molar-refractivity contribution in [3.8, 4) is 5.75 Å². The van der Waals surface area contributed by atoms with Crippen LogP contribution in [-0.4, -0.2) is 43.6 Å². The number of nitrogens with two attached hydrogens (primary N) is 1. The molecule has 0 bridgehead atoms.